The monoisotopic (exact) mass is 450 g/mol. The second-order valence-corrected chi connectivity index (χ2v) is 7.90. The van der Waals surface area contributed by atoms with Crippen LogP contribution in [-0.2, 0) is 16.1 Å². The molecule has 1 aromatic heterocycles. The van der Waals surface area contributed by atoms with Crippen molar-refractivity contribution in [3.05, 3.63) is 65.0 Å². The molecule has 1 heterocycles. The highest BCUT2D eigenvalue weighted by atomic mass is 32.1. The number of carbonyl (C=O) groups is 2. The van der Waals surface area contributed by atoms with Crippen LogP contribution in [0.2, 0.25) is 0 Å². The number of carbonyl (C=O) groups excluding carboxylic acids is 2. The molecule has 0 fully saturated rings. The summed E-state index contributed by atoms with van der Waals surface area (Å²) in [6.45, 7) is 1.93. The number of hydrogen-bond donors (Lipinski definition) is 0. The van der Waals surface area contributed by atoms with Crippen LogP contribution >= 0.6 is 11.3 Å². The maximum absolute atomic E-state index is 13.2. The van der Waals surface area contributed by atoms with Crippen molar-refractivity contribution in [2.75, 3.05) is 20.8 Å². The van der Waals surface area contributed by atoms with Crippen LogP contribution in [0.4, 0.5) is 0 Å². The summed E-state index contributed by atoms with van der Waals surface area (Å²) in [4.78, 5) is 30.3. The van der Waals surface area contributed by atoms with Crippen molar-refractivity contribution in [3.8, 4) is 11.5 Å². The molecule has 4 aromatic rings. The Kier molecular flexibility index (Phi) is 6.23. The van der Waals surface area contributed by atoms with Crippen LogP contribution < -0.4 is 14.3 Å². The van der Waals surface area contributed by atoms with Crippen LogP contribution in [0.5, 0.6) is 11.5 Å². The van der Waals surface area contributed by atoms with E-state index in [0.717, 1.165) is 15.5 Å². The van der Waals surface area contributed by atoms with Gasteiger partial charge in [-0.05, 0) is 23.8 Å². The third-order valence-electron chi connectivity index (χ3n) is 5.00. The maximum atomic E-state index is 13.2. The zero-order valence-corrected chi connectivity index (χ0v) is 18.8. The maximum Gasteiger partial charge on any atom is 0.326 e. The predicted octanol–water partition coefficient (Wildman–Crippen LogP) is 4.18. The number of ether oxygens (including phenoxy) is 3. The molecule has 32 heavy (non-hydrogen) atoms. The molecule has 4 rings (SSSR count). The standard InChI is InChI=1S/C24H22N2O5S/c1-4-31-22(27)14-26-18-12-19(29-2)20(30-3)13-21(18)32-24(26)25-23(28)17-11-7-9-15-8-5-6-10-16(15)17/h5-13H,4,14H2,1-3H3. The van der Waals surface area contributed by atoms with Gasteiger partial charge in [-0.2, -0.15) is 4.99 Å². The number of aromatic nitrogens is 1. The molecule has 0 spiro atoms. The molecule has 0 radical (unpaired) electrons. The van der Waals surface area contributed by atoms with Gasteiger partial charge in [-0.25, -0.2) is 0 Å². The van der Waals surface area contributed by atoms with Crippen molar-refractivity contribution in [1.82, 2.24) is 4.57 Å². The summed E-state index contributed by atoms with van der Waals surface area (Å²) in [7, 11) is 3.10. The third kappa shape index (κ3) is 4.09. The van der Waals surface area contributed by atoms with Gasteiger partial charge >= 0.3 is 5.97 Å². The van der Waals surface area contributed by atoms with E-state index in [1.807, 2.05) is 42.5 Å². The van der Waals surface area contributed by atoms with Crippen LogP contribution in [-0.4, -0.2) is 37.3 Å². The lowest BCUT2D eigenvalue weighted by Gasteiger charge is -2.09. The third-order valence-corrected chi connectivity index (χ3v) is 6.04. The molecule has 0 aliphatic rings. The van der Waals surface area contributed by atoms with Gasteiger partial charge in [-0.3, -0.25) is 9.59 Å². The zero-order chi connectivity index (χ0) is 22.7. The van der Waals surface area contributed by atoms with Gasteiger partial charge in [0.25, 0.3) is 5.91 Å². The molecule has 1 amide bonds. The lowest BCUT2D eigenvalue weighted by Crippen LogP contribution is -2.23. The summed E-state index contributed by atoms with van der Waals surface area (Å²) in [5.41, 5.74) is 1.20. The Hall–Kier alpha value is -3.65. The molecule has 164 valence electrons. The predicted molar refractivity (Wildman–Crippen MR) is 123 cm³/mol. The molecule has 3 aromatic carbocycles. The SMILES string of the molecule is CCOC(=O)Cn1c(=NC(=O)c2cccc3ccccc23)sc2cc(OC)c(OC)cc21. The Morgan fingerprint density at radius 1 is 1.00 bits per heavy atom. The quantitative estimate of drug-likeness (QED) is 0.412. The lowest BCUT2D eigenvalue weighted by molar-refractivity contribution is -0.143. The van der Waals surface area contributed by atoms with Crippen molar-refractivity contribution >= 4 is 44.2 Å². The van der Waals surface area contributed by atoms with Crippen molar-refractivity contribution in [3.63, 3.8) is 0 Å². The van der Waals surface area contributed by atoms with Gasteiger partial charge in [0.15, 0.2) is 16.3 Å². The van der Waals surface area contributed by atoms with Crippen molar-refractivity contribution in [2.24, 2.45) is 4.99 Å². The molecule has 0 atom stereocenters. The van der Waals surface area contributed by atoms with E-state index < -0.39 is 5.97 Å². The van der Waals surface area contributed by atoms with Gasteiger partial charge in [0.2, 0.25) is 0 Å². The highest BCUT2D eigenvalue weighted by Crippen LogP contribution is 2.33. The van der Waals surface area contributed by atoms with E-state index in [1.165, 1.54) is 11.3 Å². The normalized spacial score (nSPS) is 11.7. The molecular weight excluding hydrogens is 428 g/mol. The van der Waals surface area contributed by atoms with Gasteiger partial charge in [0.05, 0.1) is 31.0 Å². The fourth-order valence-corrected chi connectivity index (χ4v) is 4.57. The number of methoxy groups -OCH3 is 2. The summed E-state index contributed by atoms with van der Waals surface area (Å²) in [5, 5.41) is 1.78. The van der Waals surface area contributed by atoms with Crippen molar-refractivity contribution < 1.29 is 23.8 Å². The van der Waals surface area contributed by atoms with Gasteiger partial charge < -0.3 is 18.8 Å². The van der Waals surface area contributed by atoms with Gasteiger partial charge in [0.1, 0.15) is 6.54 Å². The number of benzene rings is 3. The van der Waals surface area contributed by atoms with Crippen LogP contribution in [0.1, 0.15) is 17.3 Å². The Morgan fingerprint density at radius 3 is 2.47 bits per heavy atom. The second-order valence-electron chi connectivity index (χ2n) is 6.89. The first-order chi connectivity index (χ1) is 15.5. The highest BCUT2D eigenvalue weighted by Gasteiger charge is 2.17. The largest absolute Gasteiger partial charge is 0.493 e. The molecule has 7 nitrogen and oxygen atoms in total. The minimum atomic E-state index is -0.416. The molecule has 0 unspecified atom stereocenters. The van der Waals surface area contributed by atoms with E-state index in [4.69, 9.17) is 14.2 Å². The number of esters is 1. The smallest absolute Gasteiger partial charge is 0.326 e. The van der Waals surface area contributed by atoms with Gasteiger partial charge in [0, 0.05) is 17.7 Å². The van der Waals surface area contributed by atoms with E-state index in [9.17, 15) is 9.59 Å². The zero-order valence-electron chi connectivity index (χ0n) is 18.0. The molecule has 0 aliphatic heterocycles. The van der Waals surface area contributed by atoms with Gasteiger partial charge in [-0.1, -0.05) is 47.7 Å². The summed E-state index contributed by atoms with van der Waals surface area (Å²) in [5.74, 6) is 0.268. The topological polar surface area (TPSA) is 79.1 Å². The van der Waals surface area contributed by atoms with E-state index >= 15 is 0 Å². The first-order valence-corrected chi connectivity index (χ1v) is 10.8. The highest BCUT2D eigenvalue weighted by molar-refractivity contribution is 7.16. The molecular formula is C24H22N2O5S. The summed E-state index contributed by atoms with van der Waals surface area (Å²) < 4.78 is 18.4. The van der Waals surface area contributed by atoms with Crippen LogP contribution in [0.3, 0.4) is 0 Å². The van der Waals surface area contributed by atoms with Crippen LogP contribution in [0.15, 0.2) is 59.6 Å². The minimum Gasteiger partial charge on any atom is -0.493 e. The molecule has 0 saturated carbocycles. The van der Waals surface area contributed by atoms with E-state index in [0.29, 0.717) is 27.4 Å². The molecule has 0 bridgehead atoms. The number of hydrogen-bond acceptors (Lipinski definition) is 6. The lowest BCUT2D eigenvalue weighted by atomic mass is 10.0. The summed E-state index contributed by atoms with van der Waals surface area (Å²) >= 11 is 1.29. The summed E-state index contributed by atoms with van der Waals surface area (Å²) in [6, 6.07) is 16.8. The van der Waals surface area contributed by atoms with Crippen LogP contribution in [0, 0.1) is 0 Å². The number of fused-ring (bicyclic) bond motifs is 2. The van der Waals surface area contributed by atoms with E-state index in [2.05, 4.69) is 4.99 Å². The Morgan fingerprint density at radius 2 is 1.72 bits per heavy atom. The average molecular weight is 451 g/mol. The molecule has 8 heteroatoms. The van der Waals surface area contributed by atoms with Crippen molar-refractivity contribution in [1.29, 1.82) is 0 Å². The van der Waals surface area contributed by atoms with E-state index in [1.54, 1.807) is 37.8 Å². The Bertz CT molecular complexity index is 1380. The number of thiazole rings is 1. The first kappa shape index (κ1) is 21.6. The first-order valence-electron chi connectivity index (χ1n) is 10.0. The second kappa shape index (κ2) is 9.23. The average Bonchev–Trinajstić information content (AvgIpc) is 3.13. The minimum absolute atomic E-state index is 0.0784. The Balaban J connectivity index is 1.90. The Labute approximate surface area is 188 Å². The fraction of sp³-hybridized carbons (Fsp3) is 0.208. The van der Waals surface area contributed by atoms with E-state index in [-0.39, 0.29) is 19.1 Å². The molecule has 0 N–H and O–H groups in total. The summed E-state index contributed by atoms with van der Waals surface area (Å²) in [6.07, 6.45) is 0. The number of amides is 1. The number of rotatable bonds is 6. The molecule has 0 aliphatic carbocycles. The molecule has 0 saturated heterocycles. The van der Waals surface area contributed by atoms with Crippen LogP contribution in [0.25, 0.3) is 21.0 Å². The fourth-order valence-electron chi connectivity index (χ4n) is 3.53. The van der Waals surface area contributed by atoms with Gasteiger partial charge in [-0.15, -0.1) is 0 Å². The number of nitrogens with zero attached hydrogens (tertiary/aromatic N) is 2. The van der Waals surface area contributed by atoms with Crippen molar-refractivity contribution in [2.45, 2.75) is 13.5 Å².